The molecule has 1 fully saturated rings. The van der Waals surface area contributed by atoms with Gasteiger partial charge in [-0.1, -0.05) is 11.6 Å². The number of hydrogen-bond acceptors (Lipinski definition) is 3. The third-order valence-electron chi connectivity index (χ3n) is 3.16. The predicted octanol–water partition coefficient (Wildman–Crippen LogP) is 3.26. The van der Waals surface area contributed by atoms with Crippen molar-refractivity contribution in [3.63, 3.8) is 0 Å². The Morgan fingerprint density at radius 2 is 2.06 bits per heavy atom. The molecule has 4 heteroatoms. The van der Waals surface area contributed by atoms with Crippen molar-refractivity contribution in [3.05, 3.63) is 23.2 Å². The Bertz CT molecular complexity index is 384. The first-order valence-electron chi connectivity index (χ1n) is 5.93. The number of rotatable bonds is 3. The molecular formula is C13H18ClNO2. The molecule has 2 rings (SSSR count). The lowest BCUT2D eigenvalue weighted by molar-refractivity contribution is 0.0210. The fourth-order valence-corrected chi connectivity index (χ4v) is 2.45. The molecule has 2 unspecified atom stereocenters. The zero-order valence-electron chi connectivity index (χ0n) is 9.99. The second kappa shape index (κ2) is 5.61. The summed E-state index contributed by atoms with van der Waals surface area (Å²) in [5.74, 6) is 0.711. The zero-order valence-corrected chi connectivity index (χ0v) is 10.7. The Kier molecular flexibility index (Phi) is 4.13. The summed E-state index contributed by atoms with van der Waals surface area (Å²) in [5, 5.41) is 0.574. The van der Waals surface area contributed by atoms with Gasteiger partial charge in [-0.25, -0.2) is 0 Å². The second-order valence-electron chi connectivity index (χ2n) is 4.45. The molecule has 2 atom stereocenters. The van der Waals surface area contributed by atoms with Crippen molar-refractivity contribution >= 4 is 17.3 Å². The van der Waals surface area contributed by atoms with Crippen LogP contribution in [-0.2, 0) is 4.74 Å². The first-order valence-corrected chi connectivity index (χ1v) is 6.31. The summed E-state index contributed by atoms with van der Waals surface area (Å²) in [6, 6.07) is 5.35. The smallest absolute Gasteiger partial charge is 0.138 e. The topological polar surface area (TPSA) is 44.5 Å². The molecule has 0 radical (unpaired) electrons. The van der Waals surface area contributed by atoms with E-state index in [9.17, 15) is 0 Å². The van der Waals surface area contributed by atoms with Crippen LogP contribution in [0.2, 0.25) is 5.02 Å². The normalized spacial score (nSPS) is 24.6. The number of anilines is 1. The van der Waals surface area contributed by atoms with Crippen molar-refractivity contribution < 1.29 is 9.47 Å². The van der Waals surface area contributed by atoms with Crippen molar-refractivity contribution in [1.82, 2.24) is 0 Å². The van der Waals surface area contributed by atoms with E-state index < -0.39 is 0 Å². The SMILES string of the molecule is COC1CCCC(Oc2ccc(N)cc2Cl)C1. The molecule has 0 bridgehead atoms. The van der Waals surface area contributed by atoms with Crippen LogP contribution in [0.5, 0.6) is 5.75 Å². The molecule has 1 saturated carbocycles. The molecule has 0 aliphatic heterocycles. The molecule has 0 amide bonds. The van der Waals surface area contributed by atoms with Crippen molar-refractivity contribution in [2.75, 3.05) is 12.8 Å². The van der Waals surface area contributed by atoms with E-state index in [4.69, 9.17) is 26.8 Å². The van der Waals surface area contributed by atoms with Gasteiger partial charge in [0.15, 0.2) is 0 Å². The van der Waals surface area contributed by atoms with Gasteiger partial charge in [0.1, 0.15) is 11.9 Å². The minimum Gasteiger partial charge on any atom is -0.489 e. The lowest BCUT2D eigenvalue weighted by Crippen LogP contribution is -2.29. The summed E-state index contributed by atoms with van der Waals surface area (Å²) in [5.41, 5.74) is 6.30. The predicted molar refractivity (Wildman–Crippen MR) is 69.5 cm³/mol. The Morgan fingerprint density at radius 3 is 2.76 bits per heavy atom. The number of nitrogen functional groups attached to an aromatic ring is 1. The Hall–Kier alpha value is -0.930. The van der Waals surface area contributed by atoms with Gasteiger partial charge in [0.25, 0.3) is 0 Å². The molecule has 1 aromatic rings. The minimum absolute atomic E-state index is 0.190. The van der Waals surface area contributed by atoms with E-state index in [-0.39, 0.29) is 6.10 Å². The van der Waals surface area contributed by atoms with Gasteiger partial charge in [-0.2, -0.15) is 0 Å². The average molecular weight is 256 g/mol. The summed E-state index contributed by atoms with van der Waals surface area (Å²) in [7, 11) is 1.75. The summed E-state index contributed by atoms with van der Waals surface area (Å²) >= 11 is 6.08. The standard InChI is InChI=1S/C13H18ClNO2/c1-16-10-3-2-4-11(8-10)17-13-6-5-9(15)7-12(13)14/h5-7,10-11H,2-4,8,15H2,1H3. The van der Waals surface area contributed by atoms with Crippen LogP contribution in [0.4, 0.5) is 5.69 Å². The van der Waals surface area contributed by atoms with E-state index in [1.54, 1.807) is 19.2 Å². The van der Waals surface area contributed by atoms with Gasteiger partial charge < -0.3 is 15.2 Å². The third kappa shape index (κ3) is 3.27. The first-order chi connectivity index (χ1) is 8.19. The number of halogens is 1. The van der Waals surface area contributed by atoms with E-state index in [2.05, 4.69) is 0 Å². The Labute approximate surface area is 107 Å². The molecular weight excluding hydrogens is 238 g/mol. The van der Waals surface area contributed by atoms with E-state index in [1.165, 1.54) is 0 Å². The first kappa shape index (κ1) is 12.5. The second-order valence-corrected chi connectivity index (χ2v) is 4.86. The fourth-order valence-electron chi connectivity index (χ4n) is 2.22. The molecule has 94 valence electrons. The van der Waals surface area contributed by atoms with Crippen molar-refractivity contribution in [2.24, 2.45) is 0 Å². The molecule has 0 saturated heterocycles. The minimum atomic E-state index is 0.190. The average Bonchev–Trinajstić information content (AvgIpc) is 2.33. The maximum atomic E-state index is 6.08. The molecule has 1 aliphatic carbocycles. The van der Waals surface area contributed by atoms with Gasteiger partial charge in [0.2, 0.25) is 0 Å². The van der Waals surface area contributed by atoms with Crippen LogP contribution in [0.25, 0.3) is 0 Å². The zero-order chi connectivity index (χ0) is 12.3. The quantitative estimate of drug-likeness (QED) is 0.844. The van der Waals surface area contributed by atoms with Crippen LogP contribution >= 0.6 is 11.6 Å². The van der Waals surface area contributed by atoms with E-state index >= 15 is 0 Å². The number of benzene rings is 1. The lowest BCUT2D eigenvalue weighted by Gasteiger charge is -2.29. The van der Waals surface area contributed by atoms with Gasteiger partial charge >= 0.3 is 0 Å². The number of hydrogen-bond donors (Lipinski definition) is 1. The van der Waals surface area contributed by atoms with Crippen LogP contribution in [0.15, 0.2) is 18.2 Å². The molecule has 0 spiro atoms. The van der Waals surface area contributed by atoms with Crippen molar-refractivity contribution in [2.45, 2.75) is 37.9 Å². The van der Waals surface area contributed by atoms with Gasteiger partial charge in [0, 0.05) is 19.2 Å². The molecule has 1 aliphatic rings. The molecule has 0 aromatic heterocycles. The monoisotopic (exact) mass is 255 g/mol. The van der Waals surface area contributed by atoms with Crippen LogP contribution in [-0.4, -0.2) is 19.3 Å². The lowest BCUT2D eigenvalue weighted by atomic mass is 9.95. The summed E-state index contributed by atoms with van der Waals surface area (Å²) < 4.78 is 11.3. The highest BCUT2D eigenvalue weighted by Gasteiger charge is 2.23. The summed E-state index contributed by atoms with van der Waals surface area (Å²) in [4.78, 5) is 0. The van der Waals surface area contributed by atoms with Gasteiger partial charge in [-0.05, 0) is 37.5 Å². The maximum absolute atomic E-state index is 6.08. The van der Waals surface area contributed by atoms with Gasteiger partial charge in [-0.15, -0.1) is 0 Å². The third-order valence-corrected chi connectivity index (χ3v) is 3.46. The summed E-state index contributed by atoms with van der Waals surface area (Å²) in [6.07, 6.45) is 4.73. The van der Waals surface area contributed by atoms with E-state index in [0.717, 1.165) is 25.7 Å². The Balaban J connectivity index is 2.00. The molecule has 1 aromatic carbocycles. The van der Waals surface area contributed by atoms with Crippen LogP contribution < -0.4 is 10.5 Å². The largest absolute Gasteiger partial charge is 0.489 e. The van der Waals surface area contributed by atoms with Crippen molar-refractivity contribution in [3.8, 4) is 5.75 Å². The Morgan fingerprint density at radius 1 is 1.29 bits per heavy atom. The molecule has 0 heterocycles. The highest BCUT2D eigenvalue weighted by Crippen LogP contribution is 2.31. The highest BCUT2D eigenvalue weighted by molar-refractivity contribution is 6.32. The summed E-state index contributed by atoms with van der Waals surface area (Å²) in [6.45, 7) is 0. The van der Waals surface area contributed by atoms with Crippen LogP contribution in [0.1, 0.15) is 25.7 Å². The van der Waals surface area contributed by atoms with Crippen LogP contribution in [0.3, 0.4) is 0 Å². The number of nitrogens with two attached hydrogens (primary N) is 1. The van der Waals surface area contributed by atoms with E-state index in [0.29, 0.717) is 22.6 Å². The molecule has 2 N–H and O–H groups in total. The number of ether oxygens (including phenoxy) is 2. The highest BCUT2D eigenvalue weighted by atomic mass is 35.5. The number of methoxy groups -OCH3 is 1. The van der Waals surface area contributed by atoms with Gasteiger partial charge in [0.05, 0.1) is 11.1 Å². The fraction of sp³-hybridized carbons (Fsp3) is 0.538. The van der Waals surface area contributed by atoms with Crippen molar-refractivity contribution in [1.29, 1.82) is 0 Å². The van der Waals surface area contributed by atoms with Gasteiger partial charge in [-0.3, -0.25) is 0 Å². The van der Waals surface area contributed by atoms with E-state index in [1.807, 2.05) is 6.07 Å². The molecule has 17 heavy (non-hydrogen) atoms. The maximum Gasteiger partial charge on any atom is 0.138 e. The van der Waals surface area contributed by atoms with Crippen LogP contribution in [0, 0.1) is 0 Å². The molecule has 3 nitrogen and oxygen atoms in total.